The average Bonchev–Trinajstić information content (AvgIpc) is 3.09. The van der Waals surface area contributed by atoms with Gasteiger partial charge in [0.2, 0.25) is 0 Å². The molecule has 3 atom stereocenters. The zero-order chi connectivity index (χ0) is 21.9. The fraction of sp³-hybridized carbons (Fsp3) is 0.240. The lowest BCUT2D eigenvalue weighted by molar-refractivity contribution is -0.137. The quantitative estimate of drug-likeness (QED) is 0.418. The third-order valence-electron chi connectivity index (χ3n) is 6.41. The van der Waals surface area contributed by atoms with Crippen molar-refractivity contribution in [2.75, 3.05) is 9.80 Å². The Morgan fingerprint density at radius 2 is 1.65 bits per heavy atom. The van der Waals surface area contributed by atoms with Crippen LogP contribution in [0.15, 0.2) is 73.4 Å². The lowest BCUT2D eigenvalue weighted by Crippen LogP contribution is -2.48. The molecule has 0 saturated heterocycles. The Hall–Kier alpha value is -3.28. The van der Waals surface area contributed by atoms with Crippen molar-refractivity contribution in [3.05, 3.63) is 90.1 Å². The lowest BCUT2D eigenvalue weighted by atomic mass is 9.80. The Morgan fingerprint density at radius 1 is 0.968 bits per heavy atom. The van der Waals surface area contributed by atoms with Crippen LogP contribution >= 0.6 is 0 Å². The summed E-state index contributed by atoms with van der Waals surface area (Å²) in [4.78, 5) is 8.44. The van der Waals surface area contributed by atoms with Crippen molar-refractivity contribution in [2.24, 2.45) is 5.92 Å². The number of alkyl halides is 3. The van der Waals surface area contributed by atoms with Crippen LogP contribution in [0, 0.1) is 12.8 Å². The molecule has 0 aliphatic carbocycles. The SMILES string of the molecule is C=CC1c2ccccc2N2c3ncc(C(F)(F)F)cc3N(c3ccccc3C)C2C1C. The second-order valence-electron chi connectivity index (χ2n) is 8.18. The summed E-state index contributed by atoms with van der Waals surface area (Å²) in [6, 6.07) is 17.0. The number of anilines is 4. The smallest absolute Gasteiger partial charge is 0.316 e. The largest absolute Gasteiger partial charge is 0.417 e. The summed E-state index contributed by atoms with van der Waals surface area (Å²) in [5.41, 5.74) is 3.67. The number of benzene rings is 2. The number of para-hydroxylation sites is 2. The summed E-state index contributed by atoms with van der Waals surface area (Å²) in [5.74, 6) is 0.680. The number of halogens is 3. The summed E-state index contributed by atoms with van der Waals surface area (Å²) in [6.45, 7) is 8.16. The van der Waals surface area contributed by atoms with E-state index in [1.807, 2.05) is 60.4 Å². The Labute approximate surface area is 179 Å². The van der Waals surface area contributed by atoms with Crippen molar-refractivity contribution in [2.45, 2.75) is 32.1 Å². The van der Waals surface area contributed by atoms with E-state index in [9.17, 15) is 13.2 Å². The van der Waals surface area contributed by atoms with Crippen LogP contribution in [0.25, 0.3) is 0 Å². The van der Waals surface area contributed by atoms with Crippen molar-refractivity contribution < 1.29 is 13.2 Å². The van der Waals surface area contributed by atoms with E-state index in [4.69, 9.17) is 0 Å². The highest BCUT2D eigenvalue weighted by Gasteiger charge is 2.49. The normalized spacial score (nSPS) is 22.0. The van der Waals surface area contributed by atoms with Crippen LogP contribution in [0.5, 0.6) is 0 Å². The summed E-state index contributed by atoms with van der Waals surface area (Å²) < 4.78 is 40.7. The number of aromatic nitrogens is 1. The van der Waals surface area contributed by atoms with E-state index in [0.717, 1.165) is 28.7 Å². The fourth-order valence-electron chi connectivity index (χ4n) is 4.98. The van der Waals surface area contributed by atoms with Gasteiger partial charge in [-0.1, -0.05) is 49.4 Å². The van der Waals surface area contributed by atoms with Gasteiger partial charge in [-0.2, -0.15) is 13.2 Å². The summed E-state index contributed by atoms with van der Waals surface area (Å²) in [7, 11) is 0. The molecule has 0 saturated carbocycles. The van der Waals surface area contributed by atoms with Gasteiger partial charge in [0.05, 0.1) is 11.3 Å². The summed E-state index contributed by atoms with van der Waals surface area (Å²) in [6.07, 6.45) is -1.81. The van der Waals surface area contributed by atoms with Crippen LogP contribution in [0.2, 0.25) is 0 Å². The number of allylic oxidation sites excluding steroid dienone is 1. The highest BCUT2D eigenvalue weighted by Crippen LogP contribution is 2.56. The maximum atomic E-state index is 13.6. The molecule has 0 bridgehead atoms. The molecule has 2 aliphatic rings. The Balaban J connectivity index is 1.81. The average molecular weight is 421 g/mol. The van der Waals surface area contributed by atoms with Crippen LogP contribution in [-0.4, -0.2) is 11.1 Å². The topological polar surface area (TPSA) is 19.4 Å². The third-order valence-corrected chi connectivity index (χ3v) is 6.41. The summed E-state index contributed by atoms with van der Waals surface area (Å²) in [5, 5.41) is 0. The Bertz CT molecular complexity index is 1170. The fourth-order valence-corrected chi connectivity index (χ4v) is 4.98. The predicted octanol–water partition coefficient (Wildman–Crippen LogP) is 6.94. The van der Waals surface area contributed by atoms with E-state index in [1.165, 1.54) is 6.07 Å². The summed E-state index contributed by atoms with van der Waals surface area (Å²) >= 11 is 0. The number of fused-ring (bicyclic) bond motifs is 5. The number of pyridine rings is 1. The van der Waals surface area contributed by atoms with E-state index in [2.05, 4.69) is 29.5 Å². The van der Waals surface area contributed by atoms with E-state index >= 15 is 0 Å². The van der Waals surface area contributed by atoms with Gasteiger partial charge in [-0.15, -0.1) is 6.58 Å². The standard InChI is InChI=1S/C25H22F3N3/c1-4-18-16(3)24-30(20-11-7-5-9-15(20)2)22-13-17(25(26,27)28)14-29-23(22)31(24)21-12-8-6-10-19(18)21/h4-14,16,18,24H,1H2,2-3H3. The first kappa shape index (κ1) is 19.7. The molecule has 0 radical (unpaired) electrons. The minimum atomic E-state index is -4.46. The molecule has 3 nitrogen and oxygen atoms in total. The molecule has 2 aliphatic heterocycles. The maximum Gasteiger partial charge on any atom is 0.417 e. The molecule has 0 N–H and O–H groups in total. The minimum absolute atomic E-state index is 0.0653. The van der Waals surface area contributed by atoms with Crippen LogP contribution < -0.4 is 9.80 Å². The van der Waals surface area contributed by atoms with Gasteiger partial charge in [-0.25, -0.2) is 4.98 Å². The zero-order valence-corrected chi connectivity index (χ0v) is 17.3. The zero-order valence-electron chi connectivity index (χ0n) is 17.3. The van der Waals surface area contributed by atoms with Gasteiger partial charge < -0.3 is 9.80 Å². The van der Waals surface area contributed by atoms with E-state index in [-0.39, 0.29) is 18.0 Å². The first-order valence-electron chi connectivity index (χ1n) is 10.3. The number of hydrogen-bond acceptors (Lipinski definition) is 3. The number of rotatable bonds is 2. The maximum absolute atomic E-state index is 13.6. The molecule has 5 rings (SSSR count). The van der Waals surface area contributed by atoms with Crippen molar-refractivity contribution in [1.29, 1.82) is 0 Å². The monoisotopic (exact) mass is 421 g/mol. The van der Waals surface area contributed by atoms with Gasteiger partial charge in [-0.05, 0) is 36.2 Å². The van der Waals surface area contributed by atoms with Gasteiger partial charge in [0.25, 0.3) is 0 Å². The molecule has 0 amide bonds. The van der Waals surface area contributed by atoms with E-state index < -0.39 is 11.7 Å². The highest BCUT2D eigenvalue weighted by atomic mass is 19.4. The van der Waals surface area contributed by atoms with Gasteiger partial charge in [-0.3, -0.25) is 0 Å². The first-order chi connectivity index (χ1) is 14.8. The predicted molar refractivity (Wildman–Crippen MR) is 117 cm³/mol. The van der Waals surface area contributed by atoms with Crippen molar-refractivity contribution >= 4 is 22.9 Å². The lowest BCUT2D eigenvalue weighted by Gasteiger charge is -2.45. The second kappa shape index (κ2) is 6.87. The molecule has 3 heterocycles. The highest BCUT2D eigenvalue weighted by molar-refractivity contribution is 5.89. The molecule has 0 fully saturated rings. The van der Waals surface area contributed by atoms with Gasteiger partial charge >= 0.3 is 6.18 Å². The van der Waals surface area contributed by atoms with Crippen LogP contribution in [-0.2, 0) is 6.18 Å². The molecule has 3 aromatic rings. The van der Waals surface area contributed by atoms with Gasteiger partial charge in [0.15, 0.2) is 5.82 Å². The first-order valence-corrected chi connectivity index (χ1v) is 10.3. The molecular formula is C25H22F3N3. The van der Waals surface area contributed by atoms with Crippen molar-refractivity contribution in [3.63, 3.8) is 0 Å². The van der Waals surface area contributed by atoms with E-state index in [0.29, 0.717) is 11.5 Å². The molecular weight excluding hydrogens is 399 g/mol. The molecule has 1 aromatic heterocycles. The van der Waals surface area contributed by atoms with E-state index in [1.54, 1.807) is 0 Å². The third kappa shape index (κ3) is 2.85. The number of aryl methyl sites for hydroxylation is 1. The van der Waals surface area contributed by atoms with Gasteiger partial charge in [0, 0.05) is 29.4 Å². The molecule has 2 aromatic carbocycles. The molecule has 0 spiro atoms. The Morgan fingerprint density at radius 3 is 2.32 bits per heavy atom. The van der Waals surface area contributed by atoms with Crippen molar-refractivity contribution in [3.8, 4) is 0 Å². The minimum Gasteiger partial charge on any atom is -0.316 e. The molecule has 158 valence electrons. The molecule has 31 heavy (non-hydrogen) atoms. The number of nitrogens with zero attached hydrogens (tertiary/aromatic N) is 3. The van der Waals surface area contributed by atoms with Crippen LogP contribution in [0.3, 0.4) is 0 Å². The van der Waals surface area contributed by atoms with Crippen molar-refractivity contribution in [1.82, 2.24) is 4.98 Å². The molecule has 6 heteroatoms. The van der Waals surface area contributed by atoms with Crippen LogP contribution in [0.4, 0.5) is 36.1 Å². The molecule has 3 unspecified atom stereocenters. The number of hydrogen-bond donors (Lipinski definition) is 0. The second-order valence-corrected chi connectivity index (χ2v) is 8.18. The van der Waals surface area contributed by atoms with Crippen LogP contribution in [0.1, 0.15) is 29.5 Å². The van der Waals surface area contributed by atoms with Gasteiger partial charge in [0.1, 0.15) is 6.17 Å². The Kier molecular flexibility index (Phi) is 4.36.